The monoisotopic (exact) mass is 499 g/mol. The summed E-state index contributed by atoms with van der Waals surface area (Å²) in [6.07, 6.45) is 0.580. The molecule has 2 atom stereocenters. The molecule has 0 radical (unpaired) electrons. The van der Waals surface area contributed by atoms with Gasteiger partial charge >= 0.3 is 6.03 Å². The van der Waals surface area contributed by atoms with E-state index in [9.17, 15) is 4.79 Å². The highest BCUT2D eigenvalue weighted by Gasteiger charge is 2.23. The zero-order chi connectivity index (χ0) is 25.5. The largest absolute Gasteiger partial charge is 0.497 e. The van der Waals surface area contributed by atoms with E-state index in [1.807, 2.05) is 66.7 Å². The number of nitrogens with zero attached hydrogens (tertiary/aromatic N) is 2. The van der Waals surface area contributed by atoms with E-state index in [2.05, 4.69) is 32.7 Å². The number of aromatic nitrogens is 2. The number of morpholine rings is 1. The summed E-state index contributed by atoms with van der Waals surface area (Å²) in [6.45, 7) is 3.85. The molecule has 1 aliphatic heterocycles. The van der Waals surface area contributed by atoms with Crippen LogP contribution in [-0.2, 0) is 11.2 Å². The number of methoxy groups -OCH3 is 1. The normalized spacial score (nSPS) is 15.7. The second kappa shape index (κ2) is 11.9. The van der Waals surface area contributed by atoms with Gasteiger partial charge in [0.25, 0.3) is 0 Å². The van der Waals surface area contributed by atoms with Crippen LogP contribution >= 0.6 is 0 Å². The molecule has 1 fully saturated rings. The van der Waals surface area contributed by atoms with Crippen molar-refractivity contribution in [2.45, 2.75) is 18.5 Å². The van der Waals surface area contributed by atoms with Crippen molar-refractivity contribution < 1.29 is 14.3 Å². The van der Waals surface area contributed by atoms with Crippen molar-refractivity contribution in [2.24, 2.45) is 0 Å². The van der Waals surface area contributed by atoms with E-state index in [-0.39, 0.29) is 18.1 Å². The first-order valence-corrected chi connectivity index (χ1v) is 12.7. The van der Waals surface area contributed by atoms with Gasteiger partial charge in [0.05, 0.1) is 43.4 Å². The number of fused-ring (bicyclic) bond motifs is 1. The van der Waals surface area contributed by atoms with Crippen molar-refractivity contribution in [3.8, 4) is 5.75 Å². The van der Waals surface area contributed by atoms with Gasteiger partial charge in [0.2, 0.25) is 0 Å². The fraction of sp³-hybridized carbons (Fsp3) is 0.310. The van der Waals surface area contributed by atoms with Gasteiger partial charge in [0, 0.05) is 19.6 Å². The third-order valence-corrected chi connectivity index (χ3v) is 6.69. The predicted octanol–water partition coefficient (Wildman–Crippen LogP) is 4.23. The molecule has 1 saturated heterocycles. The summed E-state index contributed by atoms with van der Waals surface area (Å²) in [5.74, 6) is 1.51. The van der Waals surface area contributed by atoms with E-state index in [0.717, 1.165) is 46.8 Å². The van der Waals surface area contributed by atoms with Gasteiger partial charge in [0.1, 0.15) is 11.6 Å². The first kappa shape index (κ1) is 24.8. The minimum absolute atomic E-state index is 0.156. The minimum atomic E-state index is -0.347. The van der Waals surface area contributed by atoms with Crippen LogP contribution in [0.3, 0.4) is 0 Å². The van der Waals surface area contributed by atoms with Crippen LogP contribution in [0.5, 0.6) is 5.75 Å². The molecule has 192 valence electrons. The molecular formula is C29H33N5O3. The van der Waals surface area contributed by atoms with Crippen molar-refractivity contribution in [3.05, 3.63) is 95.8 Å². The molecule has 8 heteroatoms. The summed E-state index contributed by atoms with van der Waals surface area (Å²) in [6, 6.07) is 25.1. The Hall–Kier alpha value is -3.88. The zero-order valence-electron chi connectivity index (χ0n) is 21.0. The number of amides is 2. The quantitative estimate of drug-likeness (QED) is 0.321. The van der Waals surface area contributed by atoms with E-state index >= 15 is 0 Å². The fourth-order valence-electron chi connectivity index (χ4n) is 4.67. The highest BCUT2D eigenvalue weighted by Crippen LogP contribution is 2.22. The van der Waals surface area contributed by atoms with Crippen molar-refractivity contribution in [1.29, 1.82) is 0 Å². The molecule has 0 bridgehead atoms. The van der Waals surface area contributed by atoms with Crippen LogP contribution in [0.4, 0.5) is 4.79 Å². The second-order valence-corrected chi connectivity index (χ2v) is 9.24. The van der Waals surface area contributed by atoms with Crippen LogP contribution in [0, 0.1) is 0 Å². The molecule has 0 saturated carbocycles. The number of urea groups is 1. The fourth-order valence-corrected chi connectivity index (χ4v) is 4.67. The second-order valence-electron chi connectivity index (χ2n) is 9.24. The van der Waals surface area contributed by atoms with Gasteiger partial charge in [-0.2, -0.15) is 0 Å². The van der Waals surface area contributed by atoms with Crippen LogP contribution in [0.25, 0.3) is 11.0 Å². The summed E-state index contributed by atoms with van der Waals surface area (Å²) in [4.78, 5) is 23.9. The number of aromatic amines is 1. The van der Waals surface area contributed by atoms with Crippen LogP contribution in [-0.4, -0.2) is 60.9 Å². The maximum atomic E-state index is 13.4. The number of carbonyl (C=O) groups excluding carboxylic acids is 1. The lowest BCUT2D eigenvalue weighted by Crippen LogP contribution is -2.46. The highest BCUT2D eigenvalue weighted by atomic mass is 16.5. The molecule has 1 aromatic heterocycles. The third kappa shape index (κ3) is 6.47. The minimum Gasteiger partial charge on any atom is -0.497 e. The third-order valence-electron chi connectivity index (χ3n) is 6.69. The summed E-state index contributed by atoms with van der Waals surface area (Å²) < 4.78 is 10.8. The molecule has 1 aliphatic rings. The number of benzene rings is 3. The van der Waals surface area contributed by atoms with Crippen LogP contribution in [0.2, 0.25) is 0 Å². The average molecular weight is 500 g/mol. The number of imidazole rings is 1. The van der Waals surface area contributed by atoms with Gasteiger partial charge in [0.15, 0.2) is 0 Å². The summed E-state index contributed by atoms with van der Waals surface area (Å²) in [5.41, 5.74) is 3.95. The molecular weight excluding hydrogens is 466 g/mol. The van der Waals surface area contributed by atoms with Crippen molar-refractivity contribution in [1.82, 2.24) is 25.5 Å². The average Bonchev–Trinajstić information content (AvgIpc) is 3.38. The molecule has 5 rings (SSSR count). The lowest BCUT2D eigenvalue weighted by Gasteiger charge is -2.31. The number of ether oxygens (including phenoxy) is 2. The molecule has 0 aliphatic carbocycles. The van der Waals surface area contributed by atoms with Crippen molar-refractivity contribution in [2.75, 3.05) is 40.0 Å². The lowest BCUT2D eigenvalue weighted by atomic mass is 10.0. The molecule has 2 heterocycles. The predicted molar refractivity (Wildman–Crippen MR) is 144 cm³/mol. The maximum Gasteiger partial charge on any atom is 0.315 e. The van der Waals surface area contributed by atoms with E-state index in [0.29, 0.717) is 26.2 Å². The lowest BCUT2D eigenvalue weighted by molar-refractivity contribution is 0.0339. The number of hydrogen-bond acceptors (Lipinski definition) is 5. The molecule has 3 N–H and O–H groups in total. The van der Waals surface area contributed by atoms with Gasteiger partial charge in [-0.25, -0.2) is 9.78 Å². The Balaban J connectivity index is 1.35. The molecule has 0 spiro atoms. The first-order chi connectivity index (χ1) is 18.2. The number of para-hydroxylation sites is 2. The van der Waals surface area contributed by atoms with Gasteiger partial charge in [-0.1, -0.05) is 54.6 Å². The molecule has 1 unspecified atom stereocenters. The topological polar surface area (TPSA) is 91.5 Å². The smallest absolute Gasteiger partial charge is 0.315 e. The molecule has 4 aromatic rings. The van der Waals surface area contributed by atoms with Gasteiger partial charge in [-0.05, 0) is 41.8 Å². The molecule has 3 aromatic carbocycles. The molecule has 8 nitrogen and oxygen atoms in total. The Morgan fingerprint density at radius 1 is 0.973 bits per heavy atom. The number of rotatable bonds is 9. The molecule has 2 amide bonds. The number of hydrogen-bond donors (Lipinski definition) is 3. The van der Waals surface area contributed by atoms with Gasteiger partial charge in [-0.3, -0.25) is 4.90 Å². The Bertz CT molecular complexity index is 1250. The summed E-state index contributed by atoms with van der Waals surface area (Å²) in [5, 5.41) is 6.42. The van der Waals surface area contributed by atoms with Crippen LogP contribution in [0.15, 0.2) is 78.9 Å². The Kier molecular flexibility index (Phi) is 7.98. The Morgan fingerprint density at radius 2 is 1.68 bits per heavy atom. The van der Waals surface area contributed by atoms with Crippen LogP contribution in [0.1, 0.15) is 29.0 Å². The first-order valence-electron chi connectivity index (χ1n) is 12.7. The number of H-pyrrole nitrogens is 1. The molecule has 37 heavy (non-hydrogen) atoms. The van der Waals surface area contributed by atoms with Crippen molar-refractivity contribution >= 4 is 17.1 Å². The Morgan fingerprint density at radius 3 is 2.41 bits per heavy atom. The number of nitrogens with one attached hydrogen (secondary N) is 3. The highest BCUT2D eigenvalue weighted by molar-refractivity contribution is 5.77. The SMILES string of the molecule is COc1ccc(C[C@@H](NC(=O)NC(CN2CCOCC2)c2ccccc2)c2nc3ccccc3[nH]2)cc1. The van der Waals surface area contributed by atoms with Gasteiger partial charge < -0.3 is 25.1 Å². The maximum absolute atomic E-state index is 13.4. The summed E-state index contributed by atoms with van der Waals surface area (Å²) >= 11 is 0. The number of carbonyl (C=O) groups is 1. The van der Waals surface area contributed by atoms with Gasteiger partial charge in [-0.15, -0.1) is 0 Å². The Labute approximate surface area is 217 Å². The van der Waals surface area contributed by atoms with E-state index in [1.165, 1.54) is 0 Å². The van der Waals surface area contributed by atoms with E-state index in [1.54, 1.807) is 7.11 Å². The van der Waals surface area contributed by atoms with Crippen molar-refractivity contribution in [3.63, 3.8) is 0 Å². The van der Waals surface area contributed by atoms with E-state index in [4.69, 9.17) is 14.5 Å². The zero-order valence-corrected chi connectivity index (χ0v) is 21.0. The van der Waals surface area contributed by atoms with E-state index < -0.39 is 0 Å². The standard InChI is InChI=1S/C29H33N5O3/c1-36-23-13-11-21(12-14-23)19-26(28-30-24-9-5-6-10-25(24)31-28)32-29(35)33-27(22-7-3-2-4-8-22)20-34-15-17-37-18-16-34/h2-14,26-27H,15-20H2,1H3,(H,30,31)(H2,32,33,35)/t26-,27?/m1/s1. The summed E-state index contributed by atoms with van der Waals surface area (Å²) in [7, 11) is 1.65. The van der Waals surface area contributed by atoms with Crippen LogP contribution < -0.4 is 15.4 Å².